The molecule has 6 nitrogen and oxygen atoms in total. The van der Waals surface area contributed by atoms with Crippen LogP contribution in [0.1, 0.15) is 42.1 Å². The first kappa shape index (κ1) is 17.0. The number of amides is 1. The lowest BCUT2D eigenvalue weighted by Gasteiger charge is -2.25. The van der Waals surface area contributed by atoms with Crippen molar-refractivity contribution < 1.29 is 24.2 Å². The summed E-state index contributed by atoms with van der Waals surface area (Å²) < 4.78 is 5.15. The molecule has 0 heterocycles. The van der Waals surface area contributed by atoms with Gasteiger partial charge in [-0.05, 0) is 42.5 Å². The molecule has 6 heteroatoms. The number of Topliss-reactive ketones (excluding diaryl/α,β-unsaturated/α-hetero) is 1. The molecule has 0 bridgehead atoms. The van der Waals surface area contributed by atoms with E-state index in [-0.39, 0.29) is 30.4 Å². The average Bonchev–Trinajstić information content (AvgIpc) is 2.48. The molecule has 2 N–H and O–H groups in total. The summed E-state index contributed by atoms with van der Waals surface area (Å²) in [6, 6.07) is 4.76. The van der Waals surface area contributed by atoms with Gasteiger partial charge in [-0.25, -0.2) is 0 Å². The molecular weight excluding hydrogens is 298 g/mol. The van der Waals surface area contributed by atoms with Crippen molar-refractivity contribution in [1.82, 2.24) is 5.32 Å². The number of fused-ring (bicyclic) bond motifs is 1. The van der Waals surface area contributed by atoms with E-state index in [1.807, 2.05) is 6.07 Å². The fraction of sp³-hybridized carbons (Fsp3) is 0.471. The highest BCUT2D eigenvalue weighted by molar-refractivity contribution is 6.04. The molecule has 2 unspecified atom stereocenters. The summed E-state index contributed by atoms with van der Waals surface area (Å²) >= 11 is 0. The third-order valence-corrected chi connectivity index (χ3v) is 3.99. The van der Waals surface area contributed by atoms with Crippen molar-refractivity contribution in [1.29, 1.82) is 0 Å². The fourth-order valence-electron chi connectivity index (χ4n) is 2.84. The van der Waals surface area contributed by atoms with E-state index >= 15 is 0 Å². The number of nitrogens with one attached hydrogen (secondary N) is 1. The Balaban J connectivity index is 1.98. The topological polar surface area (TPSA) is 92.7 Å². The van der Waals surface area contributed by atoms with Crippen molar-refractivity contribution >= 4 is 17.7 Å². The number of carboxylic acids is 1. The van der Waals surface area contributed by atoms with Gasteiger partial charge in [-0.2, -0.15) is 0 Å². The minimum atomic E-state index is -0.929. The maximum absolute atomic E-state index is 12.5. The van der Waals surface area contributed by atoms with Crippen LogP contribution in [0, 0.1) is 5.92 Å². The molecule has 1 aromatic rings. The van der Waals surface area contributed by atoms with Crippen LogP contribution in [0.2, 0.25) is 0 Å². The molecule has 1 amide bonds. The fourth-order valence-corrected chi connectivity index (χ4v) is 2.84. The first-order valence-corrected chi connectivity index (χ1v) is 7.63. The number of ether oxygens (including phenoxy) is 1. The summed E-state index contributed by atoms with van der Waals surface area (Å²) in [5.74, 6) is -0.867. The Morgan fingerprint density at radius 3 is 2.78 bits per heavy atom. The van der Waals surface area contributed by atoms with E-state index in [1.165, 1.54) is 0 Å². The van der Waals surface area contributed by atoms with Crippen LogP contribution in [0.4, 0.5) is 0 Å². The second kappa shape index (κ2) is 7.26. The summed E-state index contributed by atoms with van der Waals surface area (Å²) in [6.07, 6.45) is 1.27. The predicted octanol–water partition coefficient (Wildman–Crippen LogP) is 1.81. The molecule has 0 spiro atoms. The van der Waals surface area contributed by atoms with Crippen LogP contribution in [-0.2, 0) is 16.0 Å². The number of carbonyl (C=O) groups is 3. The van der Waals surface area contributed by atoms with Crippen LogP contribution in [0.15, 0.2) is 18.2 Å². The van der Waals surface area contributed by atoms with Gasteiger partial charge in [0.2, 0.25) is 5.91 Å². The standard InChI is InChI=1S/C17H21NO5/c1-10(8-16(20)21)7-15(19)18-14-6-3-11-9-12(23-2)4-5-13(11)17(14)22/h4-5,9-10,14H,3,6-8H2,1-2H3,(H,18,19)(H,20,21). The molecule has 23 heavy (non-hydrogen) atoms. The molecule has 0 aliphatic heterocycles. The Hall–Kier alpha value is -2.37. The van der Waals surface area contributed by atoms with Crippen LogP contribution >= 0.6 is 0 Å². The highest BCUT2D eigenvalue weighted by Crippen LogP contribution is 2.25. The van der Waals surface area contributed by atoms with Crippen molar-refractivity contribution in [2.45, 2.75) is 38.6 Å². The van der Waals surface area contributed by atoms with Gasteiger partial charge in [0.15, 0.2) is 5.78 Å². The van der Waals surface area contributed by atoms with E-state index < -0.39 is 12.0 Å². The first-order chi connectivity index (χ1) is 10.9. The van der Waals surface area contributed by atoms with Crippen LogP contribution in [-0.4, -0.2) is 35.9 Å². The summed E-state index contributed by atoms with van der Waals surface area (Å²) in [4.78, 5) is 35.1. The number of carbonyl (C=O) groups excluding carboxylic acids is 2. The number of hydrogen-bond donors (Lipinski definition) is 2. The van der Waals surface area contributed by atoms with E-state index in [1.54, 1.807) is 26.2 Å². The highest BCUT2D eigenvalue weighted by atomic mass is 16.5. The molecule has 0 radical (unpaired) electrons. The maximum atomic E-state index is 12.5. The largest absolute Gasteiger partial charge is 0.497 e. The molecule has 124 valence electrons. The van der Waals surface area contributed by atoms with Crippen molar-refractivity contribution in [3.05, 3.63) is 29.3 Å². The normalized spacial score (nSPS) is 18.0. The zero-order valence-corrected chi connectivity index (χ0v) is 13.3. The number of aryl methyl sites for hydroxylation is 1. The lowest BCUT2D eigenvalue weighted by molar-refractivity contribution is -0.138. The first-order valence-electron chi connectivity index (χ1n) is 7.63. The van der Waals surface area contributed by atoms with E-state index in [4.69, 9.17) is 9.84 Å². The van der Waals surface area contributed by atoms with Gasteiger partial charge in [-0.1, -0.05) is 6.92 Å². The monoisotopic (exact) mass is 319 g/mol. The van der Waals surface area contributed by atoms with Gasteiger partial charge >= 0.3 is 5.97 Å². The van der Waals surface area contributed by atoms with Gasteiger partial charge in [-0.15, -0.1) is 0 Å². The van der Waals surface area contributed by atoms with E-state index in [9.17, 15) is 14.4 Å². The Morgan fingerprint density at radius 1 is 1.39 bits per heavy atom. The third-order valence-electron chi connectivity index (χ3n) is 3.99. The molecule has 0 fully saturated rings. The van der Waals surface area contributed by atoms with Crippen molar-refractivity contribution in [2.75, 3.05) is 7.11 Å². The van der Waals surface area contributed by atoms with E-state index in [2.05, 4.69) is 5.32 Å². The van der Waals surface area contributed by atoms with E-state index in [0.29, 0.717) is 24.2 Å². The molecule has 0 saturated carbocycles. The second-order valence-corrected chi connectivity index (χ2v) is 5.95. The summed E-state index contributed by atoms with van der Waals surface area (Å²) in [7, 11) is 1.58. The number of aliphatic carboxylic acids is 1. The van der Waals surface area contributed by atoms with Gasteiger partial charge in [-0.3, -0.25) is 14.4 Å². The molecule has 1 aliphatic carbocycles. The number of benzene rings is 1. The van der Waals surface area contributed by atoms with Crippen molar-refractivity contribution in [3.8, 4) is 5.75 Å². The number of carboxylic acid groups (broad SMARTS) is 1. The second-order valence-electron chi connectivity index (χ2n) is 5.95. The predicted molar refractivity (Wildman–Crippen MR) is 83.6 cm³/mol. The van der Waals surface area contributed by atoms with Crippen LogP contribution in [0.3, 0.4) is 0 Å². The molecule has 2 atom stereocenters. The Bertz CT molecular complexity index is 625. The third kappa shape index (κ3) is 4.31. The van der Waals surface area contributed by atoms with Crippen LogP contribution in [0.5, 0.6) is 5.75 Å². The molecule has 0 saturated heterocycles. The SMILES string of the molecule is COc1ccc2c(c1)CCC(NC(=O)CC(C)CC(=O)O)C2=O. The van der Waals surface area contributed by atoms with E-state index in [0.717, 1.165) is 5.56 Å². The summed E-state index contributed by atoms with van der Waals surface area (Å²) in [5, 5.41) is 11.4. The zero-order valence-electron chi connectivity index (χ0n) is 13.3. The minimum absolute atomic E-state index is 0.0609. The van der Waals surface area contributed by atoms with Crippen LogP contribution in [0.25, 0.3) is 0 Å². The molecule has 0 aromatic heterocycles. The summed E-state index contributed by atoms with van der Waals surface area (Å²) in [6.45, 7) is 1.71. The van der Waals surface area contributed by atoms with Crippen molar-refractivity contribution in [2.24, 2.45) is 5.92 Å². The number of ketones is 1. The van der Waals surface area contributed by atoms with Gasteiger partial charge in [0.05, 0.1) is 13.2 Å². The van der Waals surface area contributed by atoms with Crippen LogP contribution < -0.4 is 10.1 Å². The Labute approximate surface area is 134 Å². The Kier molecular flexibility index (Phi) is 5.36. The quantitative estimate of drug-likeness (QED) is 0.834. The average molecular weight is 319 g/mol. The number of hydrogen-bond acceptors (Lipinski definition) is 4. The highest BCUT2D eigenvalue weighted by Gasteiger charge is 2.29. The molecular formula is C17H21NO5. The van der Waals surface area contributed by atoms with Gasteiger partial charge < -0.3 is 15.2 Å². The van der Waals surface area contributed by atoms with Gasteiger partial charge in [0, 0.05) is 18.4 Å². The molecule has 1 aromatic carbocycles. The lowest BCUT2D eigenvalue weighted by atomic mass is 9.86. The van der Waals surface area contributed by atoms with Crippen molar-refractivity contribution in [3.63, 3.8) is 0 Å². The smallest absolute Gasteiger partial charge is 0.303 e. The minimum Gasteiger partial charge on any atom is -0.497 e. The molecule has 2 rings (SSSR count). The lowest BCUT2D eigenvalue weighted by Crippen LogP contribution is -2.44. The summed E-state index contributed by atoms with van der Waals surface area (Å²) in [5.41, 5.74) is 1.54. The maximum Gasteiger partial charge on any atom is 0.303 e. The molecule has 1 aliphatic rings. The Morgan fingerprint density at radius 2 is 2.13 bits per heavy atom. The number of rotatable bonds is 6. The zero-order chi connectivity index (χ0) is 17.0. The number of methoxy groups -OCH3 is 1. The van der Waals surface area contributed by atoms with Gasteiger partial charge in [0.1, 0.15) is 5.75 Å². The van der Waals surface area contributed by atoms with Gasteiger partial charge in [0.25, 0.3) is 0 Å².